The number of hydrogen-bond donors (Lipinski definition) is 1. The molecule has 0 spiro atoms. The minimum Gasteiger partial charge on any atom is -0.436 e. The van der Waals surface area contributed by atoms with Gasteiger partial charge in [-0.05, 0) is 72.0 Å². The van der Waals surface area contributed by atoms with Crippen LogP contribution in [0.2, 0.25) is 0 Å². The van der Waals surface area contributed by atoms with Crippen LogP contribution in [0.15, 0.2) is 51.4 Å². The Morgan fingerprint density at radius 1 is 1.18 bits per heavy atom. The third kappa shape index (κ3) is 3.17. The SMILES string of the molecule is O=C(NC1C2CCN(CC2)C1I)c1c(Br)ccc2oc(-c3ccccc3)nc12. The molecule has 1 N–H and O–H groups in total. The average molecular weight is 552 g/mol. The van der Waals surface area contributed by atoms with Crippen molar-refractivity contribution >= 4 is 55.5 Å². The van der Waals surface area contributed by atoms with Crippen molar-refractivity contribution in [2.24, 2.45) is 5.92 Å². The molecule has 0 saturated carbocycles. The smallest absolute Gasteiger partial charge is 0.255 e. The number of rotatable bonds is 3. The maximum Gasteiger partial charge on any atom is 0.255 e. The fourth-order valence-corrected chi connectivity index (χ4v) is 6.10. The van der Waals surface area contributed by atoms with Crippen LogP contribution < -0.4 is 5.32 Å². The van der Waals surface area contributed by atoms with E-state index in [1.54, 1.807) is 0 Å². The number of benzene rings is 2. The Morgan fingerprint density at radius 3 is 2.64 bits per heavy atom. The maximum absolute atomic E-state index is 13.3. The predicted molar refractivity (Wildman–Crippen MR) is 121 cm³/mol. The van der Waals surface area contributed by atoms with E-state index in [1.165, 1.54) is 0 Å². The van der Waals surface area contributed by atoms with Crippen molar-refractivity contribution in [1.29, 1.82) is 0 Å². The first-order valence-electron chi connectivity index (χ1n) is 9.45. The standard InChI is InChI=1S/C21H19BrIN3O2/c22-14-6-7-15-18(25-21(28-15)13-4-2-1-3-5-13)16(14)20(27)24-17-12-8-10-26(11-9-12)19(17)23/h1-7,12,17,19H,8-11H2,(H,24,27). The van der Waals surface area contributed by atoms with E-state index < -0.39 is 0 Å². The largest absolute Gasteiger partial charge is 0.436 e. The van der Waals surface area contributed by atoms with Crippen molar-refractivity contribution in [3.63, 3.8) is 0 Å². The average Bonchev–Trinajstić information content (AvgIpc) is 3.15. The molecule has 3 aliphatic heterocycles. The summed E-state index contributed by atoms with van der Waals surface area (Å²) >= 11 is 6.02. The molecule has 3 fully saturated rings. The third-order valence-electron chi connectivity index (χ3n) is 5.78. The molecule has 7 heteroatoms. The van der Waals surface area contributed by atoms with E-state index in [0.717, 1.165) is 36.0 Å². The molecule has 1 aromatic heterocycles. The molecule has 0 radical (unpaired) electrons. The molecule has 4 heterocycles. The van der Waals surface area contributed by atoms with Crippen molar-refractivity contribution in [2.75, 3.05) is 13.1 Å². The van der Waals surface area contributed by atoms with Crippen LogP contribution in [0, 0.1) is 5.92 Å². The lowest BCUT2D eigenvalue weighted by Gasteiger charge is -2.48. The number of alkyl halides is 1. The van der Waals surface area contributed by atoms with E-state index in [2.05, 4.69) is 53.7 Å². The summed E-state index contributed by atoms with van der Waals surface area (Å²) in [6, 6.07) is 13.6. The molecule has 144 valence electrons. The number of oxazole rings is 1. The quantitative estimate of drug-likeness (QED) is 0.287. The number of piperidine rings is 3. The van der Waals surface area contributed by atoms with E-state index >= 15 is 0 Å². The second kappa shape index (κ2) is 7.42. The van der Waals surface area contributed by atoms with Crippen LogP contribution in [0.5, 0.6) is 0 Å². The van der Waals surface area contributed by atoms with Crippen molar-refractivity contribution in [3.05, 3.63) is 52.5 Å². The fourth-order valence-electron chi connectivity index (χ4n) is 4.28. The summed E-state index contributed by atoms with van der Waals surface area (Å²) in [4.78, 5) is 20.4. The topological polar surface area (TPSA) is 58.4 Å². The minimum atomic E-state index is -0.0918. The Labute approximate surface area is 185 Å². The molecule has 0 aliphatic carbocycles. The van der Waals surface area contributed by atoms with Crippen LogP contribution in [0.25, 0.3) is 22.6 Å². The van der Waals surface area contributed by atoms with Gasteiger partial charge in [0.25, 0.3) is 5.91 Å². The Morgan fingerprint density at radius 2 is 1.93 bits per heavy atom. The number of amides is 1. The van der Waals surface area contributed by atoms with Gasteiger partial charge in [0.2, 0.25) is 5.89 Å². The maximum atomic E-state index is 13.3. The highest BCUT2D eigenvalue weighted by Gasteiger charge is 2.42. The number of carbonyl (C=O) groups is 1. The highest BCUT2D eigenvalue weighted by Crippen LogP contribution is 2.36. The van der Waals surface area contributed by atoms with Crippen LogP contribution in [0.3, 0.4) is 0 Å². The van der Waals surface area contributed by atoms with Gasteiger partial charge < -0.3 is 9.73 Å². The van der Waals surface area contributed by atoms with Crippen LogP contribution in [0.1, 0.15) is 23.2 Å². The molecule has 28 heavy (non-hydrogen) atoms. The van der Waals surface area contributed by atoms with Gasteiger partial charge >= 0.3 is 0 Å². The monoisotopic (exact) mass is 551 g/mol. The van der Waals surface area contributed by atoms with Gasteiger partial charge in [0.1, 0.15) is 5.52 Å². The number of halogens is 2. The molecule has 6 rings (SSSR count). The normalized spacial score (nSPS) is 26.5. The molecular weight excluding hydrogens is 533 g/mol. The highest BCUT2D eigenvalue weighted by atomic mass is 127. The van der Waals surface area contributed by atoms with E-state index in [4.69, 9.17) is 4.42 Å². The van der Waals surface area contributed by atoms with Crippen LogP contribution in [0.4, 0.5) is 0 Å². The van der Waals surface area contributed by atoms with Gasteiger partial charge in [-0.3, -0.25) is 9.69 Å². The second-order valence-corrected chi connectivity index (χ2v) is 9.53. The zero-order chi connectivity index (χ0) is 19.3. The van der Waals surface area contributed by atoms with Crippen LogP contribution in [-0.2, 0) is 0 Å². The first kappa shape index (κ1) is 18.6. The third-order valence-corrected chi connectivity index (χ3v) is 8.01. The fraction of sp³-hybridized carbons (Fsp3) is 0.333. The molecule has 2 aromatic carbocycles. The lowest BCUT2D eigenvalue weighted by molar-refractivity contribution is 0.0554. The summed E-state index contributed by atoms with van der Waals surface area (Å²) < 4.78 is 7.01. The highest BCUT2D eigenvalue weighted by molar-refractivity contribution is 14.1. The lowest BCUT2D eigenvalue weighted by Crippen LogP contribution is -2.61. The predicted octanol–water partition coefficient (Wildman–Crippen LogP) is 4.84. The summed E-state index contributed by atoms with van der Waals surface area (Å²) in [5, 5.41) is 3.30. The van der Waals surface area contributed by atoms with E-state index in [-0.39, 0.29) is 11.9 Å². The van der Waals surface area contributed by atoms with E-state index in [0.29, 0.717) is 32.5 Å². The number of nitrogens with zero attached hydrogens (tertiary/aromatic N) is 2. The minimum absolute atomic E-state index is 0.0918. The molecule has 3 aromatic rings. The Balaban J connectivity index is 1.50. The number of carbonyl (C=O) groups excluding carboxylic acids is 1. The zero-order valence-corrected chi connectivity index (χ0v) is 18.8. The first-order chi connectivity index (χ1) is 13.6. The number of hydrogen-bond acceptors (Lipinski definition) is 4. The van der Waals surface area contributed by atoms with Crippen molar-refractivity contribution in [2.45, 2.75) is 22.9 Å². The van der Waals surface area contributed by atoms with Crippen molar-refractivity contribution in [1.82, 2.24) is 15.2 Å². The second-order valence-electron chi connectivity index (χ2n) is 7.40. The summed E-state index contributed by atoms with van der Waals surface area (Å²) in [5.41, 5.74) is 2.65. The lowest BCUT2D eigenvalue weighted by atomic mass is 9.84. The first-order valence-corrected chi connectivity index (χ1v) is 11.5. The molecule has 2 unspecified atom stereocenters. The molecular formula is C21H19BrIN3O2. The number of nitrogens with one attached hydrogen (secondary N) is 1. The molecule has 2 bridgehead atoms. The summed E-state index contributed by atoms with van der Waals surface area (Å²) in [5.74, 6) is 0.981. The van der Waals surface area contributed by atoms with Crippen LogP contribution >= 0.6 is 38.5 Å². The Bertz CT molecular complexity index is 1030. The molecule has 1 amide bonds. The van der Waals surface area contributed by atoms with E-state index in [1.807, 2.05) is 42.5 Å². The Hall–Kier alpha value is -1.45. The zero-order valence-electron chi connectivity index (χ0n) is 15.1. The molecule has 2 atom stereocenters. The van der Waals surface area contributed by atoms with Gasteiger partial charge in [0, 0.05) is 10.0 Å². The van der Waals surface area contributed by atoms with E-state index in [9.17, 15) is 4.79 Å². The molecule has 5 nitrogen and oxygen atoms in total. The van der Waals surface area contributed by atoms with Crippen molar-refractivity contribution < 1.29 is 9.21 Å². The van der Waals surface area contributed by atoms with Crippen LogP contribution in [-0.4, -0.2) is 39.0 Å². The summed E-state index contributed by atoms with van der Waals surface area (Å²) in [6.07, 6.45) is 2.30. The number of aromatic nitrogens is 1. The van der Waals surface area contributed by atoms with Gasteiger partial charge in [-0.25, -0.2) is 4.98 Å². The van der Waals surface area contributed by atoms with Gasteiger partial charge in [0.05, 0.1) is 15.7 Å². The van der Waals surface area contributed by atoms with Gasteiger partial charge in [0.15, 0.2) is 5.58 Å². The summed E-state index contributed by atoms with van der Waals surface area (Å²) in [6.45, 7) is 2.27. The van der Waals surface area contributed by atoms with Gasteiger partial charge in [-0.1, -0.05) is 40.8 Å². The number of fused-ring (bicyclic) bond motifs is 4. The summed E-state index contributed by atoms with van der Waals surface area (Å²) in [7, 11) is 0. The Kier molecular flexibility index (Phi) is 4.92. The molecule has 3 aliphatic rings. The van der Waals surface area contributed by atoms with Gasteiger partial charge in [-0.15, -0.1) is 0 Å². The molecule has 3 saturated heterocycles. The van der Waals surface area contributed by atoms with Gasteiger partial charge in [-0.2, -0.15) is 0 Å². The van der Waals surface area contributed by atoms with Crippen molar-refractivity contribution in [3.8, 4) is 11.5 Å².